The zero-order chi connectivity index (χ0) is 9.23. The summed E-state index contributed by atoms with van der Waals surface area (Å²) in [6, 6.07) is 0. The maximum Gasteiger partial charge on any atom is 0.0307 e. The van der Waals surface area contributed by atoms with E-state index in [9.17, 15) is 0 Å². The molecular formula is C10H20Cl2. The summed E-state index contributed by atoms with van der Waals surface area (Å²) in [5.74, 6) is 0.818. The number of hydrogen-bond donors (Lipinski definition) is 0. The van der Waals surface area contributed by atoms with E-state index in [2.05, 4.69) is 6.92 Å². The minimum Gasteiger partial charge on any atom is -0.127 e. The molecule has 0 saturated carbocycles. The van der Waals surface area contributed by atoms with Crippen LogP contribution in [0.25, 0.3) is 0 Å². The Labute approximate surface area is 86.6 Å². The van der Waals surface area contributed by atoms with Crippen molar-refractivity contribution in [1.82, 2.24) is 0 Å². The lowest BCUT2D eigenvalue weighted by Gasteiger charge is -2.02. The Morgan fingerprint density at radius 2 is 1.42 bits per heavy atom. The van der Waals surface area contributed by atoms with Crippen LogP contribution in [0, 0.1) is 0 Å². The normalized spacial score (nSPS) is 13.2. The van der Waals surface area contributed by atoms with Crippen LogP contribution in [0.5, 0.6) is 0 Å². The van der Waals surface area contributed by atoms with Crippen LogP contribution in [0.1, 0.15) is 51.9 Å². The summed E-state index contributed by atoms with van der Waals surface area (Å²) in [7, 11) is 0. The van der Waals surface area contributed by atoms with E-state index < -0.39 is 0 Å². The minimum atomic E-state index is 0.354. The Kier molecular flexibility index (Phi) is 10.1. The molecule has 0 aliphatic heterocycles. The third-order valence-corrected chi connectivity index (χ3v) is 2.47. The molecular weight excluding hydrogens is 191 g/mol. The van der Waals surface area contributed by atoms with E-state index >= 15 is 0 Å². The zero-order valence-corrected chi connectivity index (χ0v) is 9.50. The highest BCUT2D eigenvalue weighted by molar-refractivity contribution is 6.20. The molecule has 0 nitrogen and oxygen atoms in total. The van der Waals surface area contributed by atoms with Gasteiger partial charge in [0.2, 0.25) is 0 Å². The monoisotopic (exact) mass is 210 g/mol. The van der Waals surface area contributed by atoms with E-state index in [0.717, 1.165) is 12.3 Å². The van der Waals surface area contributed by atoms with Gasteiger partial charge in [0.05, 0.1) is 0 Å². The van der Waals surface area contributed by atoms with Crippen molar-refractivity contribution in [3.8, 4) is 0 Å². The minimum absolute atomic E-state index is 0.354. The van der Waals surface area contributed by atoms with Gasteiger partial charge >= 0.3 is 0 Å². The first-order valence-corrected chi connectivity index (χ1v) is 5.94. The summed E-state index contributed by atoms with van der Waals surface area (Å²) in [6.07, 6.45) is 8.93. The van der Waals surface area contributed by atoms with Gasteiger partial charge in [0.1, 0.15) is 0 Å². The van der Waals surface area contributed by atoms with Crippen molar-refractivity contribution in [2.45, 2.75) is 57.2 Å². The van der Waals surface area contributed by atoms with Crippen molar-refractivity contribution < 1.29 is 0 Å². The van der Waals surface area contributed by atoms with Gasteiger partial charge in [-0.1, -0.05) is 32.1 Å². The second kappa shape index (κ2) is 9.67. The predicted octanol–water partition coefficient (Wildman–Crippen LogP) is 4.58. The van der Waals surface area contributed by atoms with Gasteiger partial charge in [-0.05, 0) is 19.8 Å². The van der Waals surface area contributed by atoms with Crippen LogP contribution in [0.4, 0.5) is 0 Å². The molecule has 0 aromatic heterocycles. The van der Waals surface area contributed by atoms with Crippen molar-refractivity contribution in [1.29, 1.82) is 0 Å². The molecule has 1 atom stereocenters. The van der Waals surface area contributed by atoms with Gasteiger partial charge in [0.15, 0.2) is 0 Å². The fourth-order valence-corrected chi connectivity index (χ4v) is 1.57. The van der Waals surface area contributed by atoms with Gasteiger partial charge in [0, 0.05) is 11.3 Å². The van der Waals surface area contributed by atoms with Crippen LogP contribution in [0.15, 0.2) is 0 Å². The van der Waals surface area contributed by atoms with Gasteiger partial charge in [-0.3, -0.25) is 0 Å². The summed E-state index contributed by atoms with van der Waals surface area (Å²) in [4.78, 5) is 0. The molecule has 74 valence electrons. The summed E-state index contributed by atoms with van der Waals surface area (Å²) in [5, 5.41) is 0.354. The third-order valence-electron chi connectivity index (χ3n) is 1.99. The molecule has 12 heavy (non-hydrogen) atoms. The van der Waals surface area contributed by atoms with E-state index in [4.69, 9.17) is 23.2 Å². The van der Waals surface area contributed by atoms with Crippen molar-refractivity contribution in [2.75, 3.05) is 5.88 Å². The smallest absolute Gasteiger partial charge is 0.0307 e. The molecule has 1 unspecified atom stereocenters. The molecule has 0 radical (unpaired) electrons. The lowest BCUT2D eigenvalue weighted by Crippen LogP contribution is -1.90. The Morgan fingerprint density at radius 1 is 0.917 bits per heavy atom. The number of alkyl halides is 2. The average Bonchev–Trinajstić information content (AvgIpc) is 2.02. The summed E-state index contributed by atoms with van der Waals surface area (Å²) in [6.45, 7) is 2.06. The van der Waals surface area contributed by atoms with Crippen molar-refractivity contribution in [3.63, 3.8) is 0 Å². The molecule has 0 rings (SSSR count). The highest BCUT2D eigenvalue weighted by Crippen LogP contribution is 2.11. The fourth-order valence-electron chi connectivity index (χ4n) is 1.23. The topological polar surface area (TPSA) is 0 Å². The molecule has 0 aliphatic rings. The van der Waals surface area contributed by atoms with Crippen LogP contribution < -0.4 is 0 Å². The number of hydrogen-bond acceptors (Lipinski definition) is 0. The molecule has 0 amide bonds. The Balaban J connectivity index is 2.82. The lowest BCUT2D eigenvalue weighted by atomic mass is 10.1. The molecule has 0 fully saturated rings. The van der Waals surface area contributed by atoms with Gasteiger partial charge < -0.3 is 0 Å². The predicted molar refractivity (Wildman–Crippen MR) is 58.4 cm³/mol. The van der Waals surface area contributed by atoms with Crippen LogP contribution >= 0.6 is 23.2 Å². The van der Waals surface area contributed by atoms with Gasteiger partial charge in [-0.2, -0.15) is 0 Å². The molecule has 0 spiro atoms. The molecule has 0 heterocycles. The largest absolute Gasteiger partial charge is 0.127 e. The van der Waals surface area contributed by atoms with Crippen LogP contribution in [0.3, 0.4) is 0 Å². The van der Waals surface area contributed by atoms with Crippen LogP contribution in [-0.4, -0.2) is 11.3 Å². The van der Waals surface area contributed by atoms with E-state index in [1.54, 1.807) is 0 Å². The Hall–Kier alpha value is 0.580. The molecule has 0 aliphatic carbocycles. The Morgan fingerprint density at radius 3 is 1.92 bits per heavy atom. The van der Waals surface area contributed by atoms with Crippen molar-refractivity contribution in [3.05, 3.63) is 0 Å². The van der Waals surface area contributed by atoms with Gasteiger partial charge in [-0.25, -0.2) is 0 Å². The van der Waals surface area contributed by atoms with E-state index in [1.807, 2.05) is 0 Å². The van der Waals surface area contributed by atoms with Gasteiger partial charge in [0.25, 0.3) is 0 Å². The molecule has 0 N–H and O–H groups in total. The van der Waals surface area contributed by atoms with Gasteiger partial charge in [-0.15, -0.1) is 23.2 Å². The first kappa shape index (κ1) is 12.6. The van der Waals surface area contributed by atoms with Crippen LogP contribution in [-0.2, 0) is 0 Å². The maximum atomic E-state index is 5.82. The summed E-state index contributed by atoms with van der Waals surface area (Å²) in [5.41, 5.74) is 0. The summed E-state index contributed by atoms with van der Waals surface area (Å²) < 4.78 is 0. The van der Waals surface area contributed by atoms with E-state index in [1.165, 1.54) is 38.5 Å². The molecule has 0 saturated heterocycles. The Bertz CT molecular complexity index is 81.9. The third kappa shape index (κ3) is 10.6. The highest BCUT2D eigenvalue weighted by atomic mass is 35.5. The lowest BCUT2D eigenvalue weighted by molar-refractivity contribution is 0.588. The van der Waals surface area contributed by atoms with Crippen molar-refractivity contribution >= 4 is 23.2 Å². The molecule has 0 bridgehead atoms. The first-order chi connectivity index (χ1) is 5.77. The van der Waals surface area contributed by atoms with Crippen molar-refractivity contribution in [2.24, 2.45) is 0 Å². The molecule has 0 aromatic rings. The maximum absolute atomic E-state index is 5.82. The quantitative estimate of drug-likeness (QED) is 0.407. The fraction of sp³-hybridized carbons (Fsp3) is 1.00. The molecule has 2 heteroatoms. The SMILES string of the molecule is CC(Cl)CCCCCCCCCl. The number of rotatable bonds is 8. The standard InChI is InChI=1S/C10H20Cl2/c1-10(12)8-6-4-2-3-5-7-9-11/h10H,2-9H2,1H3. The average molecular weight is 211 g/mol. The van der Waals surface area contributed by atoms with Crippen LogP contribution in [0.2, 0.25) is 0 Å². The second-order valence-electron chi connectivity index (χ2n) is 3.38. The van der Waals surface area contributed by atoms with E-state index in [-0.39, 0.29) is 0 Å². The number of halogens is 2. The second-order valence-corrected chi connectivity index (χ2v) is 4.50. The van der Waals surface area contributed by atoms with E-state index in [0.29, 0.717) is 5.38 Å². The molecule has 0 aromatic carbocycles. The summed E-state index contributed by atoms with van der Waals surface area (Å²) >= 11 is 11.4. The first-order valence-electron chi connectivity index (χ1n) is 4.97. The number of unbranched alkanes of at least 4 members (excludes halogenated alkanes) is 5. The highest BCUT2D eigenvalue weighted by Gasteiger charge is 1.95. The zero-order valence-electron chi connectivity index (χ0n) is 7.99.